The molecule has 9 heteroatoms. The van der Waals surface area contributed by atoms with Crippen LogP contribution in [0.3, 0.4) is 0 Å². The third-order valence-electron chi connectivity index (χ3n) is 9.52. The number of nitrogens with zero attached hydrogens (tertiary/aromatic N) is 5. The van der Waals surface area contributed by atoms with Crippen molar-refractivity contribution in [3.8, 4) is 33.8 Å². The van der Waals surface area contributed by atoms with Crippen LogP contribution in [0.1, 0.15) is 24.8 Å². The Labute approximate surface area is 254 Å². The molecular weight excluding hydrogens is 550 g/mol. The lowest BCUT2D eigenvalue weighted by Gasteiger charge is -2.33. The highest BCUT2D eigenvalue weighted by Crippen LogP contribution is 2.49. The van der Waals surface area contributed by atoms with Crippen LogP contribution >= 0.6 is 0 Å². The second-order valence-corrected chi connectivity index (χ2v) is 12.3. The first-order chi connectivity index (χ1) is 21.7. The molecule has 0 radical (unpaired) electrons. The number of anilines is 2. The van der Waals surface area contributed by atoms with Crippen LogP contribution < -0.4 is 9.64 Å². The van der Waals surface area contributed by atoms with E-state index in [1.165, 1.54) is 12.0 Å². The van der Waals surface area contributed by atoms with Gasteiger partial charge in [0.1, 0.15) is 0 Å². The number of benzene rings is 3. The molecule has 6 aromatic rings. The van der Waals surface area contributed by atoms with Gasteiger partial charge in [0.05, 0.1) is 41.8 Å². The Morgan fingerprint density at radius 2 is 1.59 bits per heavy atom. The number of morpholine rings is 1. The monoisotopic (exact) mass is 583 g/mol. The van der Waals surface area contributed by atoms with Gasteiger partial charge in [-0.3, -0.25) is 15.1 Å². The van der Waals surface area contributed by atoms with E-state index in [9.17, 15) is 0 Å². The van der Waals surface area contributed by atoms with Crippen LogP contribution in [0.25, 0.3) is 44.1 Å². The number of ether oxygens (including phenoxy) is 2. The molecule has 0 saturated carbocycles. The van der Waals surface area contributed by atoms with E-state index in [4.69, 9.17) is 14.5 Å². The number of hydrogen-bond acceptors (Lipinski definition) is 7. The maximum atomic E-state index is 6.69. The first-order valence-electron chi connectivity index (χ1n) is 15.5. The Balaban J connectivity index is 1.06. The zero-order valence-corrected chi connectivity index (χ0v) is 24.6. The van der Waals surface area contributed by atoms with Gasteiger partial charge in [-0.25, -0.2) is 4.98 Å². The lowest BCUT2D eigenvalue weighted by molar-refractivity contribution is 0.0301. The predicted molar refractivity (Wildman–Crippen MR) is 172 cm³/mol. The number of likely N-dealkylation sites (tertiary alicyclic amines) is 1. The minimum Gasteiger partial charge on any atom is -0.451 e. The number of rotatable bonds is 7. The van der Waals surface area contributed by atoms with Crippen LogP contribution in [-0.2, 0) is 4.74 Å². The normalized spacial score (nSPS) is 19.1. The molecule has 220 valence electrons. The van der Waals surface area contributed by atoms with Gasteiger partial charge in [-0.1, -0.05) is 12.1 Å². The highest BCUT2D eigenvalue weighted by molar-refractivity contribution is 5.88. The first-order valence-corrected chi connectivity index (χ1v) is 15.5. The fourth-order valence-corrected chi connectivity index (χ4v) is 7.18. The second kappa shape index (κ2) is 10.2. The van der Waals surface area contributed by atoms with Crippen LogP contribution in [0, 0.1) is 6.92 Å². The molecule has 2 N–H and O–H groups in total. The molecule has 3 aromatic heterocycles. The molecule has 44 heavy (non-hydrogen) atoms. The van der Waals surface area contributed by atoms with E-state index < -0.39 is 0 Å². The van der Waals surface area contributed by atoms with Crippen molar-refractivity contribution >= 4 is 33.3 Å². The van der Waals surface area contributed by atoms with Crippen molar-refractivity contribution < 1.29 is 9.47 Å². The van der Waals surface area contributed by atoms with Gasteiger partial charge >= 0.3 is 0 Å². The zero-order chi connectivity index (χ0) is 29.2. The van der Waals surface area contributed by atoms with Crippen LogP contribution in [-0.4, -0.2) is 68.7 Å². The summed E-state index contributed by atoms with van der Waals surface area (Å²) < 4.78 is 12.5. The molecule has 2 fully saturated rings. The van der Waals surface area contributed by atoms with Gasteiger partial charge in [-0.15, -0.1) is 0 Å². The van der Waals surface area contributed by atoms with Gasteiger partial charge in [0.25, 0.3) is 0 Å². The van der Waals surface area contributed by atoms with Crippen molar-refractivity contribution in [3.63, 3.8) is 0 Å². The number of aromatic amines is 2. The zero-order valence-electron chi connectivity index (χ0n) is 24.6. The number of H-pyrrole nitrogens is 2. The third-order valence-corrected chi connectivity index (χ3v) is 9.52. The Bertz CT molecular complexity index is 2030. The predicted octanol–water partition coefficient (Wildman–Crippen LogP) is 6.97. The van der Waals surface area contributed by atoms with Crippen molar-refractivity contribution in [3.05, 3.63) is 78.8 Å². The number of hydrogen-bond donors (Lipinski definition) is 2. The molecule has 9 nitrogen and oxygen atoms in total. The minimum atomic E-state index is 0.442. The van der Waals surface area contributed by atoms with Crippen molar-refractivity contribution in [2.75, 3.05) is 31.1 Å². The Morgan fingerprint density at radius 3 is 2.36 bits per heavy atom. The summed E-state index contributed by atoms with van der Waals surface area (Å²) in [4.78, 5) is 9.98. The van der Waals surface area contributed by atoms with Gasteiger partial charge in [0.15, 0.2) is 17.3 Å². The number of fused-ring (bicyclic) bond motifs is 6. The molecule has 0 amide bonds. The van der Waals surface area contributed by atoms with Gasteiger partial charge in [0, 0.05) is 41.7 Å². The summed E-state index contributed by atoms with van der Waals surface area (Å²) in [7, 11) is 0. The Hall–Kier alpha value is -4.73. The van der Waals surface area contributed by atoms with Crippen molar-refractivity contribution in [2.45, 2.75) is 38.3 Å². The van der Waals surface area contributed by atoms with Crippen molar-refractivity contribution in [1.82, 2.24) is 30.3 Å². The van der Waals surface area contributed by atoms with Gasteiger partial charge in [-0.05, 0) is 97.4 Å². The van der Waals surface area contributed by atoms with Crippen molar-refractivity contribution in [1.29, 1.82) is 0 Å². The molecule has 6 heterocycles. The van der Waals surface area contributed by atoms with Crippen molar-refractivity contribution in [2.24, 2.45) is 0 Å². The number of nitrogens with one attached hydrogen (secondary N) is 2. The lowest BCUT2D eigenvalue weighted by atomic mass is 9.97. The lowest BCUT2D eigenvalue weighted by Crippen LogP contribution is -2.37. The summed E-state index contributed by atoms with van der Waals surface area (Å²) in [6, 6.07) is 19.9. The highest BCUT2D eigenvalue weighted by atomic mass is 16.5. The van der Waals surface area contributed by atoms with Crippen LogP contribution in [0.2, 0.25) is 0 Å². The maximum Gasteiger partial charge on any atom is 0.176 e. The molecule has 9 rings (SSSR count). The standard InChI is InChI=1S/C35H33N7O2/c1-21-10-32-33(15-29(21)23-5-7-31-26(12-23)18-38-40-31)44-34-13-24(22-4-6-30-25(11-22)17-37-39-30)16-36-35(34)42(32)9-3-2-8-41-19-28-14-27(41)20-43-28/h4-7,10-13,15-18,27-28H,2-3,8-9,14,19-20H2,1H3,(H,37,39)(H,38,40)/t27-,28-/m1/s1. The van der Waals surface area contributed by atoms with Crippen LogP contribution in [0.5, 0.6) is 11.5 Å². The molecule has 3 aliphatic rings. The van der Waals surface area contributed by atoms with E-state index in [2.05, 4.69) is 91.7 Å². The molecule has 0 aliphatic carbocycles. The number of unbranched alkanes of at least 4 members (excludes halogenated alkanes) is 1. The summed E-state index contributed by atoms with van der Waals surface area (Å²) >= 11 is 0. The smallest absolute Gasteiger partial charge is 0.176 e. The molecule has 3 aliphatic heterocycles. The van der Waals surface area contributed by atoms with E-state index in [1.54, 1.807) is 0 Å². The molecule has 0 unspecified atom stereocenters. The number of aryl methyl sites for hydroxylation is 1. The van der Waals surface area contributed by atoms with Gasteiger partial charge in [0.2, 0.25) is 0 Å². The van der Waals surface area contributed by atoms with E-state index in [-0.39, 0.29) is 0 Å². The fourth-order valence-electron chi connectivity index (χ4n) is 7.18. The fraction of sp³-hybridized carbons (Fsp3) is 0.286. The van der Waals surface area contributed by atoms with E-state index in [0.29, 0.717) is 12.1 Å². The average molecular weight is 584 g/mol. The molecule has 3 aromatic carbocycles. The van der Waals surface area contributed by atoms with E-state index in [1.807, 2.05) is 18.6 Å². The summed E-state index contributed by atoms with van der Waals surface area (Å²) in [6.45, 7) is 6.13. The summed E-state index contributed by atoms with van der Waals surface area (Å²) in [5.74, 6) is 2.49. The summed E-state index contributed by atoms with van der Waals surface area (Å²) in [5.41, 5.74) is 8.69. The average Bonchev–Trinajstić information content (AvgIpc) is 3.87. The topological polar surface area (TPSA) is 95.2 Å². The SMILES string of the molecule is Cc1cc2c(cc1-c1ccc3[nH]ncc3c1)Oc1cc(-c3ccc4[nH]ncc4c3)cnc1N2CCCCN1C[C@H]2C[C@@H]1CO2. The molecule has 2 atom stereocenters. The molecule has 2 saturated heterocycles. The van der Waals surface area contributed by atoms with Gasteiger partial charge in [-0.2, -0.15) is 10.2 Å². The Morgan fingerprint density at radius 1 is 0.818 bits per heavy atom. The minimum absolute atomic E-state index is 0.442. The molecule has 2 bridgehead atoms. The summed E-state index contributed by atoms with van der Waals surface area (Å²) in [6.07, 6.45) is 9.52. The first kappa shape index (κ1) is 25.7. The van der Waals surface area contributed by atoms with Crippen LogP contribution in [0.15, 0.2) is 73.2 Å². The molecular formula is C35H33N7O2. The molecule has 0 spiro atoms. The van der Waals surface area contributed by atoms with E-state index in [0.717, 1.165) is 106 Å². The van der Waals surface area contributed by atoms with E-state index >= 15 is 0 Å². The summed E-state index contributed by atoms with van der Waals surface area (Å²) in [5, 5.41) is 16.6. The number of pyridine rings is 1. The second-order valence-electron chi connectivity index (χ2n) is 12.3. The Kier molecular flexibility index (Phi) is 5.95. The highest BCUT2D eigenvalue weighted by Gasteiger charge is 2.38. The largest absolute Gasteiger partial charge is 0.451 e. The van der Waals surface area contributed by atoms with Gasteiger partial charge < -0.3 is 14.4 Å². The quantitative estimate of drug-likeness (QED) is 0.196. The third kappa shape index (κ3) is 4.34. The maximum absolute atomic E-state index is 6.69. The van der Waals surface area contributed by atoms with Crippen LogP contribution in [0.4, 0.5) is 11.5 Å². The number of aromatic nitrogens is 5.